The minimum atomic E-state index is 0.178. The van der Waals surface area contributed by atoms with Crippen molar-refractivity contribution >= 4 is 23.2 Å². The third-order valence-corrected chi connectivity index (χ3v) is 2.68. The van der Waals surface area contributed by atoms with Gasteiger partial charge < -0.3 is 10.1 Å². The molecule has 0 bridgehead atoms. The highest BCUT2D eigenvalue weighted by Gasteiger charge is 2.11. The van der Waals surface area contributed by atoms with Crippen LogP contribution in [0.2, 0.25) is 5.02 Å². The van der Waals surface area contributed by atoms with Gasteiger partial charge in [-0.15, -0.1) is 0 Å². The second kappa shape index (κ2) is 6.90. The maximum Gasteiger partial charge on any atom is 0.124 e. The number of ether oxygens (including phenoxy) is 1. The third-order valence-electron chi connectivity index (χ3n) is 2.33. The van der Waals surface area contributed by atoms with E-state index in [1.165, 1.54) is 0 Å². The van der Waals surface area contributed by atoms with E-state index in [4.69, 9.17) is 27.9 Å². The summed E-state index contributed by atoms with van der Waals surface area (Å²) in [6.07, 6.45) is 0. The molecule has 1 rings (SSSR count). The van der Waals surface area contributed by atoms with Crippen molar-refractivity contribution in [2.45, 2.75) is 19.9 Å². The van der Waals surface area contributed by atoms with Crippen LogP contribution in [0.15, 0.2) is 29.8 Å². The highest BCUT2D eigenvalue weighted by molar-refractivity contribution is 6.30. The molecule has 4 heteroatoms. The van der Waals surface area contributed by atoms with Gasteiger partial charge in [-0.2, -0.15) is 0 Å². The van der Waals surface area contributed by atoms with Crippen LogP contribution >= 0.6 is 23.2 Å². The van der Waals surface area contributed by atoms with Crippen molar-refractivity contribution in [1.29, 1.82) is 0 Å². The van der Waals surface area contributed by atoms with Crippen LogP contribution in [0.25, 0.3) is 0 Å². The summed E-state index contributed by atoms with van der Waals surface area (Å²) in [4.78, 5) is 0. The molecule has 17 heavy (non-hydrogen) atoms. The molecule has 0 aliphatic carbocycles. The summed E-state index contributed by atoms with van der Waals surface area (Å²) in [6, 6.07) is 5.74. The van der Waals surface area contributed by atoms with Crippen molar-refractivity contribution in [3.05, 3.63) is 40.4 Å². The number of nitrogens with one attached hydrogen (secondary N) is 1. The summed E-state index contributed by atoms with van der Waals surface area (Å²) in [6.45, 7) is 8.91. The second-order valence-electron chi connectivity index (χ2n) is 3.77. The van der Waals surface area contributed by atoms with Gasteiger partial charge in [0.15, 0.2) is 0 Å². The average Bonchev–Trinajstić information content (AvgIpc) is 2.27. The largest absolute Gasteiger partial charge is 0.488 e. The molecule has 0 aliphatic rings. The van der Waals surface area contributed by atoms with Gasteiger partial charge in [0, 0.05) is 21.7 Å². The lowest BCUT2D eigenvalue weighted by Gasteiger charge is -2.17. The Morgan fingerprint density at radius 1 is 1.53 bits per heavy atom. The Labute approximate surface area is 113 Å². The molecular formula is C13H17Cl2NO. The summed E-state index contributed by atoms with van der Waals surface area (Å²) in [5, 5.41) is 4.49. The lowest BCUT2D eigenvalue weighted by molar-refractivity contribution is 0.351. The summed E-state index contributed by atoms with van der Waals surface area (Å²) >= 11 is 11.7. The number of benzene rings is 1. The SMILES string of the molecule is C=C(Cl)COc1ccc(Cl)cc1C(C)NCC. The molecule has 1 atom stereocenters. The smallest absolute Gasteiger partial charge is 0.124 e. The van der Waals surface area contributed by atoms with Crippen LogP contribution in [0.5, 0.6) is 5.75 Å². The maximum atomic E-state index is 6.00. The van der Waals surface area contributed by atoms with Crippen LogP contribution in [-0.2, 0) is 0 Å². The first kappa shape index (κ1) is 14.4. The first-order valence-corrected chi connectivity index (χ1v) is 6.29. The molecule has 94 valence electrons. The van der Waals surface area contributed by atoms with Gasteiger partial charge >= 0.3 is 0 Å². The summed E-state index contributed by atoms with van der Waals surface area (Å²) in [5.74, 6) is 0.782. The van der Waals surface area contributed by atoms with E-state index >= 15 is 0 Å². The highest BCUT2D eigenvalue weighted by atomic mass is 35.5. The quantitative estimate of drug-likeness (QED) is 0.841. The summed E-state index contributed by atoms with van der Waals surface area (Å²) in [5.41, 5.74) is 1.03. The Morgan fingerprint density at radius 2 is 2.24 bits per heavy atom. The van der Waals surface area contributed by atoms with E-state index in [9.17, 15) is 0 Å². The lowest BCUT2D eigenvalue weighted by atomic mass is 10.1. The second-order valence-corrected chi connectivity index (χ2v) is 4.74. The molecule has 0 fully saturated rings. The molecule has 0 saturated heterocycles. The Balaban J connectivity index is 2.90. The van der Waals surface area contributed by atoms with E-state index in [1.807, 2.05) is 12.1 Å². The van der Waals surface area contributed by atoms with E-state index in [0.29, 0.717) is 16.7 Å². The first-order chi connectivity index (χ1) is 8.04. The molecule has 0 spiro atoms. The van der Waals surface area contributed by atoms with Gasteiger partial charge in [-0.3, -0.25) is 0 Å². The molecule has 0 saturated carbocycles. The minimum Gasteiger partial charge on any atom is -0.488 e. The predicted molar refractivity (Wildman–Crippen MR) is 74.0 cm³/mol. The average molecular weight is 274 g/mol. The number of hydrogen-bond acceptors (Lipinski definition) is 2. The number of hydrogen-bond donors (Lipinski definition) is 1. The van der Waals surface area contributed by atoms with Crippen molar-refractivity contribution in [1.82, 2.24) is 5.32 Å². The van der Waals surface area contributed by atoms with E-state index in [1.54, 1.807) is 6.07 Å². The Hall–Kier alpha value is -0.700. The van der Waals surface area contributed by atoms with Gasteiger partial charge in [-0.05, 0) is 31.7 Å². The first-order valence-electron chi connectivity index (χ1n) is 5.53. The zero-order chi connectivity index (χ0) is 12.8. The molecule has 1 unspecified atom stereocenters. The maximum absolute atomic E-state index is 6.00. The van der Waals surface area contributed by atoms with E-state index in [-0.39, 0.29) is 6.04 Å². The normalized spacial score (nSPS) is 12.2. The third kappa shape index (κ3) is 4.58. The summed E-state index contributed by atoms with van der Waals surface area (Å²) in [7, 11) is 0. The van der Waals surface area contributed by atoms with Gasteiger partial charge in [-0.1, -0.05) is 36.7 Å². The van der Waals surface area contributed by atoms with Crippen LogP contribution in [0, 0.1) is 0 Å². The van der Waals surface area contributed by atoms with Crippen molar-refractivity contribution in [3.8, 4) is 5.75 Å². The van der Waals surface area contributed by atoms with E-state index < -0.39 is 0 Å². The van der Waals surface area contributed by atoms with Gasteiger partial charge in [-0.25, -0.2) is 0 Å². The fourth-order valence-corrected chi connectivity index (χ4v) is 1.80. The Kier molecular flexibility index (Phi) is 5.83. The molecule has 0 aromatic heterocycles. The van der Waals surface area contributed by atoms with Gasteiger partial charge in [0.2, 0.25) is 0 Å². The fraction of sp³-hybridized carbons (Fsp3) is 0.385. The van der Waals surface area contributed by atoms with Crippen LogP contribution < -0.4 is 10.1 Å². The standard InChI is InChI=1S/C13H17Cl2NO/c1-4-16-10(3)12-7-11(15)5-6-13(12)17-8-9(2)14/h5-7,10,16H,2,4,8H2,1,3H3. The lowest BCUT2D eigenvalue weighted by Crippen LogP contribution is -2.18. The highest BCUT2D eigenvalue weighted by Crippen LogP contribution is 2.28. The van der Waals surface area contributed by atoms with Gasteiger partial charge in [0.25, 0.3) is 0 Å². The molecule has 0 amide bonds. The zero-order valence-electron chi connectivity index (χ0n) is 10.1. The number of halogens is 2. The van der Waals surface area contributed by atoms with E-state index in [0.717, 1.165) is 17.9 Å². The van der Waals surface area contributed by atoms with Gasteiger partial charge in [0.1, 0.15) is 12.4 Å². The van der Waals surface area contributed by atoms with Crippen molar-refractivity contribution < 1.29 is 4.74 Å². The van der Waals surface area contributed by atoms with Crippen molar-refractivity contribution in [3.63, 3.8) is 0 Å². The molecule has 0 aliphatic heterocycles. The Bertz CT molecular complexity index is 393. The summed E-state index contributed by atoms with van der Waals surface area (Å²) < 4.78 is 5.59. The molecular weight excluding hydrogens is 257 g/mol. The minimum absolute atomic E-state index is 0.178. The molecule has 1 aromatic rings. The predicted octanol–water partition coefficient (Wildman–Crippen LogP) is 4.14. The van der Waals surface area contributed by atoms with Crippen molar-refractivity contribution in [2.75, 3.05) is 13.2 Å². The van der Waals surface area contributed by atoms with Crippen LogP contribution in [0.1, 0.15) is 25.5 Å². The van der Waals surface area contributed by atoms with Crippen LogP contribution in [0.3, 0.4) is 0 Å². The van der Waals surface area contributed by atoms with E-state index in [2.05, 4.69) is 25.7 Å². The monoisotopic (exact) mass is 273 g/mol. The molecule has 0 heterocycles. The van der Waals surface area contributed by atoms with Crippen LogP contribution in [0.4, 0.5) is 0 Å². The fourth-order valence-electron chi connectivity index (χ4n) is 1.56. The number of rotatable bonds is 6. The molecule has 0 radical (unpaired) electrons. The molecule has 2 nitrogen and oxygen atoms in total. The van der Waals surface area contributed by atoms with Crippen molar-refractivity contribution in [2.24, 2.45) is 0 Å². The molecule has 1 aromatic carbocycles. The Morgan fingerprint density at radius 3 is 2.82 bits per heavy atom. The van der Waals surface area contributed by atoms with Crippen LogP contribution in [-0.4, -0.2) is 13.2 Å². The zero-order valence-corrected chi connectivity index (χ0v) is 11.6. The van der Waals surface area contributed by atoms with Gasteiger partial charge in [0.05, 0.1) is 0 Å². The molecule has 1 N–H and O–H groups in total. The topological polar surface area (TPSA) is 21.3 Å².